The molecule has 0 spiro atoms. The van der Waals surface area contributed by atoms with E-state index in [9.17, 15) is 14.7 Å². The molecule has 3 aromatic heterocycles. The van der Waals surface area contributed by atoms with Gasteiger partial charge in [0.25, 0.3) is 5.56 Å². The maximum atomic E-state index is 13.5. The molecule has 0 saturated carbocycles. The number of pyridine rings is 1. The molecule has 0 bridgehead atoms. The number of hydrogen-bond donors (Lipinski definition) is 2. The highest BCUT2D eigenvalue weighted by atomic mass is 35.5. The molecule has 14 heteroatoms. The molecule has 42 heavy (non-hydrogen) atoms. The van der Waals surface area contributed by atoms with Crippen molar-refractivity contribution in [1.82, 2.24) is 34.7 Å². The van der Waals surface area contributed by atoms with Crippen LogP contribution in [0.15, 0.2) is 65.7 Å². The molecule has 6 rings (SSSR count). The number of aromatic nitrogens is 7. The fourth-order valence-electron chi connectivity index (χ4n) is 5.26. The van der Waals surface area contributed by atoms with Gasteiger partial charge in [0.1, 0.15) is 23.0 Å². The van der Waals surface area contributed by atoms with Crippen molar-refractivity contribution in [3.63, 3.8) is 0 Å². The summed E-state index contributed by atoms with van der Waals surface area (Å²) in [5, 5.41) is 21.8. The van der Waals surface area contributed by atoms with Crippen LogP contribution in [0, 0.1) is 0 Å². The standard InChI is InChI=1S/C28H24Cl2N8O4/c1-42-11-10-36(28(40)41)19-5-2-16(3-6-19)25-26(30)33-27(32-25)23-9-7-20-12-17(13-24(39)38(20)23)21-14-18(29)4-8-22(21)37-15-31-34-35-37/h2-6,8,12-15,23H,7,9-11H2,1H3,(H,32,33)(H,40,41)/t23-/m0/s1. The van der Waals surface area contributed by atoms with Gasteiger partial charge in [0.2, 0.25) is 0 Å². The lowest BCUT2D eigenvalue weighted by Crippen LogP contribution is -2.32. The predicted octanol–water partition coefficient (Wildman–Crippen LogP) is 4.85. The van der Waals surface area contributed by atoms with Crippen LogP contribution in [0.5, 0.6) is 0 Å². The third-order valence-corrected chi connectivity index (χ3v) is 7.70. The summed E-state index contributed by atoms with van der Waals surface area (Å²) >= 11 is 12.9. The number of imidazole rings is 1. The first-order chi connectivity index (χ1) is 20.3. The first-order valence-corrected chi connectivity index (χ1v) is 13.7. The van der Waals surface area contributed by atoms with Crippen LogP contribution in [0.4, 0.5) is 10.5 Å². The Kier molecular flexibility index (Phi) is 7.50. The van der Waals surface area contributed by atoms with Crippen LogP contribution < -0.4 is 10.5 Å². The third kappa shape index (κ3) is 5.15. The van der Waals surface area contributed by atoms with Gasteiger partial charge in [-0.3, -0.25) is 9.69 Å². The van der Waals surface area contributed by atoms with Gasteiger partial charge in [-0.1, -0.05) is 35.3 Å². The molecule has 5 aromatic rings. The van der Waals surface area contributed by atoms with E-state index < -0.39 is 6.09 Å². The normalized spacial score (nSPS) is 14.2. The van der Waals surface area contributed by atoms with E-state index in [1.54, 1.807) is 53.1 Å². The largest absolute Gasteiger partial charge is 0.465 e. The van der Waals surface area contributed by atoms with E-state index >= 15 is 0 Å². The Balaban J connectivity index is 1.31. The Bertz CT molecular complexity index is 1820. The third-order valence-electron chi connectivity index (χ3n) is 7.19. The average molecular weight is 607 g/mol. The number of halogens is 2. The second-order valence-electron chi connectivity index (χ2n) is 9.67. The molecular formula is C28H24Cl2N8O4. The molecule has 1 amide bonds. The number of rotatable bonds is 8. The number of H-pyrrole nitrogens is 1. The molecule has 4 heterocycles. The van der Waals surface area contributed by atoms with Crippen molar-refractivity contribution in [2.75, 3.05) is 25.2 Å². The van der Waals surface area contributed by atoms with E-state index in [1.165, 1.54) is 23.0 Å². The smallest absolute Gasteiger partial charge is 0.411 e. The monoisotopic (exact) mass is 606 g/mol. The summed E-state index contributed by atoms with van der Waals surface area (Å²) in [6.45, 7) is 0.470. The average Bonchev–Trinajstić information content (AvgIpc) is 3.74. The highest BCUT2D eigenvalue weighted by molar-refractivity contribution is 6.32. The highest BCUT2D eigenvalue weighted by Crippen LogP contribution is 2.36. The Morgan fingerprint density at radius 3 is 2.67 bits per heavy atom. The van der Waals surface area contributed by atoms with Crippen molar-refractivity contribution in [1.29, 1.82) is 0 Å². The number of fused-ring (bicyclic) bond motifs is 1. The minimum atomic E-state index is -1.07. The molecule has 1 atom stereocenters. The zero-order valence-electron chi connectivity index (χ0n) is 22.2. The number of carboxylic acid groups (broad SMARTS) is 1. The number of benzene rings is 2. The summed E-state index contributed by atoms with van der Waals surface area (Å²) in [5.41, 5.74) is 4.53. The fourth-order valence-corrected chi connectivity index (χ4v) is 5.68. The summed E-state index contributed by atoms with van der Waals surface area (Å²) in [6, 6.07) is 15.5. The van der Waals surface area contributed by atoms with E-state index in [0.29, 0.717) is 57.0 Å². The summed E-state index contributed by atoms with van der Waals surface area (Å²) in [6.07, 6.45) is 1.72. The van der Waals surface area contributed by atoms with Crippen LogP contribution in [0.25, 0.3) is 28.1 Å². The van der Waals surface area contributed by atoms with Crippen LogP contribution in [-0.4, -0.2) is 66.2 Å². The predicted molar refractivity (Wildman–Crippen MR) is 157 cm³/mol. The van der Waals surface area contributed by atoms with Crippen molar-refractivity contribution in [3.8, 4) is 28.1 Å². The summed E-state index contributed by atoms with van der Waals surface area (Å²) in [5.74, 6) is 0.567. The molecule has 1 aliphatic rings. The number of carbonyl (C=O) groups is 1. The number of aryl methyl sites for hydroxylation is 1. The molecule has 0 unspecified atom stereocenters. The summed E-state index contributed by atoms with van der Waals surface area (Å²) in [7, 11) is 1.52. The number of amides is 1. The zero-order valence-corrected chi connectivity index (χ0v) is 23.7. The van der Waals surface area contributed by atoms with Crippen LogP contribution in [0.3, 0.4) is 0 Å². The lowest BCUT2D eigenvalue weighted by Gasteiger charge is -2.19. The maximum absolute atomic E-state index is 13.5. The summed E-state index contributed by atoms with van der Waals surface area (Å²) in [4.78, 5) is 34.3. The van der Waals surface area contributed by atoms with Crippen molar-refractivity contribution < 1.29 is 14.6 Å². The lowest BCUT2D eigenvalue weighted by molar-refractivity contribution is 0.186. The Hall–Kier alpha value is -4.52. The maximum Gasteiger partial charge on any atom is 0.411 e. The van der Waals surface area contributed by atoms with E-state index in [-0.39, 0.29) is 24.8 Å². The lowest BCUT2D eigenvalue weighted by atomic mass is 10.0. The number of hydrogen-bond acceptors (Lipinski definition) is 7. The van der Waals surface area contributed by atoms with Crippen molar-refractivity contribution in [3.05, 3.63) is 93.0 Å². The zero-order chi connectivity index (χ0) is 29.4. The number of nitrogens with zero attached hydrogens (tertiary/aromatic N) is 7. The number of aromatic amines is 1. The minimum Gasteiger partial charge on any atom is -0.465 e. The molecule has 214 valence electrons. The van der Waals surface area contributed by atoms with Gasteiger partial charge in [-0.05, 0) is 65.2 Å². The molecule has 0 aliphatic carbocycles. The summed E-state index contributed by atoms with van der Waals surface area (Å²) < 4.78 is 8.27. The van der Waals surface area contributed by atoms with Gasteiger partial charge in [0, 0.05) is 40.7 Å². The molecular weight excluding hydrogens is 583 g/mol. The minimum absolute atomic E-state index is 0.184. The van der Waals surface area contributed by atoms with Crippen molar-refractivity contribution in [2.24, 2.45) is 0 Å². The SMILES string of the molecule is COCCN(C(=O)O)c1ccc(-c2nc([C@@H]3CCc4cc(-c5cc(Cl)ccc5-n5cnnn5)cc(=O)n43)[nH]c2Cl)cc1. The van der Waals surface area contributed by atoms with Gasteiger partial charge in [0.05, 0.1) is 24.9 Å². The van der Waals surface area contributed by atoms with Crippen LogP contribution >= 0.6 is 23.2 Å². The van der Waals surface area contributed by atoms with Crippen molar-refractivity contribution in [2.45, 2.75) is 18.9 Å². The van der Waals surface area contributed by atoms with Gasteiger partial charge in [-0.2, -0.15) is 4.68 Å². The first-order valence-electron chi connectivity index (χ1n) is 13.0. The molecule has 1 aliphatic heterocycles. The Labute approximate surface area is 249 Å². The van der Waals surface area contributed by atoms with Gasteiger partial charge in [0.15, 0.2) is 0 Å². The van der Waals surface area contributed by atoms with Gasteiger partial charge in [-0.15, -0.1) is 5.10 Å². The number of anilines is 1. The van der Waals surface area contributed by atoms with Gasteiger partial charge < -0.3 is 19.4 Å². The molecule has 0 saturated heterocycles. The van der Waals surface area contributed by atoms with E-state index in [0.717, 1.165) is 11.3 Å². The highest BCUT2D eigenvalue weighted by Gasteiger charge is 2.29. The van der Waals surface area contributed by atoms with Crippen molar-refractivity contribution >= 4 is 35.0 Å². The molecule has 2 N–H and O–H groups in total. The molecule has 2 aromatic carbocycles. The second-order valence-corrected chi connectivity index (χ2v) is 10.5. The number of nitrogens with one attached hydrogen (secondary N) is 1. The topological polar surface area (TPSA) is 144 Å². The van der Waals surface area contributed by atoms with E-state index in [2.05, 4.69) is 20.5 Å². The van der Waals surface area contributed by atoms with Crippen LogP contribution in [0.1, 0.15) is 24.0 Å². The van der Waals surface area contributed by atoms with Crippen LogP contribution in [0.2, 0.25) is 10.2 Å². The molecule has 12 nitrogen and oxygen atoms in total. The van der Waals surface area contributed by atoms with Crippen LogP contribution in [-0.2, 0) is 11.2 Å². The quantitative estimate of drug-likeness (QED) is 0.255. The number of methoxy groups -OCH3 is 1. The van der Waals surface area contributed by atoms with Gasteiger partial charge in [-0.25, -0.2) is 9.78 Å². The molecule has 0 fully saturated rings. The second kappa shape index (κ2) is 11.4. The Morgan fingerprint density at radius 2 is 1.95 bits per heavy atom. The fraction of sp³-hybridized carbons (Fsp3) is 0.214. The van der Waals surface area contributed by atoms with E-state index in [1.807, 2.05) is 6.07 Å². The van der Waals surface area contributed by atoms with Gasteiger partial charge >= 0.3 is 6.09 Å². The van der Waals surface area contributed by atoms with E-state index in [4.69, 9.17) is 32.9 Å². The number of tetrazole rings is 1. The Morgan fingerprint density at radius 1 is 1.14 bits per heavy atom. The molecule has 0 radical (unpaired) electrons. The number of ether oxygens (including phenoxy) is 1. The first kappa shape index (κ1) is 27.6.